The summed E-state index contributed by atoms with van der Waals surface area (Å²) in [5, 5.41) is 23.3. The summed E-state index contributed by atoms with van der Waals surface area (Å²) in [5.74, 6) is 0.152. The van der Waals surface area contributed by atoms with Gasteiger partial charge in [0.1, 0.15) is 5.75 Å². The van der Waals surface area contributed by atoms with Crippen LogP contribution in [-0.4, -0.2) is 71.4 Å². The topological polar surface area (TPSA) is 88.9 Å². The number of hydrogen-bond donors (Lipinski definition) is 3. The molecule has 2 aromatic carbocycles. The molecule has 1 amide bonds. The summed E-state index contributed by atoms with van der Waals surface area (Å²) >= 11 is 0. The molecular weight excluding hydrogens is 416 g/mol. The van der Waals surface area contributed by atoms with Crippen molar-refractivity contribution in [2.75, 3.05) is 44.2 Å². The van der Waals surface area contributed by atoms with E-state index in [4.69, 9.17) is 0 Å². The first-order chi connectivity index (χ1) is 16.1. The Morgan fingerprint density at radius 1 is 0.970 bits per heavy atom. The van der Waals surface area contributed by atoms with Crippen LogP contribution >= 0.6 is 0 Å². The third kappa shape index (κ3) is 6.09. The summed E-state index contributed by atoms with van der Waals surface area (Å²) in [7, 11) is 0. The van der Waals surface area contributed by atoms with Gasteiger partial charge in [0.25, 0.3) is 5.91 Å². The zero-order chi connectivity index (χ0) is 23.0. The summed E-state index contributed by atoms with van der Waals surface area (Å²) in [6.45, 7) is 4.23. The Morgan fingerprint density at radius 2 is 1.70 bits per heavy atom. The zero-order valence-electron chi connectivity index (χ0n) is 18.6. The summed E-state index contributed by atoms with van der Waals surface area (Å²) in [6.07, 6.45) is 1.74. The highest BCUT2D eigenvalue weighted by Crippen LogP contribution is 2.27. The van der Waals surface area contributed by atoms with Crippen LogP contribution in [0.3, 0.4) is 0 Å². The van der Waals surface area contributed by atoms with Gasteiger partial charge in [-0.2, -0.15) is 0 Å². The fraction of sp³-hybridized carbons (Fsp3) is 0.308. The van der Waals surface area contributed by atoms with Crippen molar-refractivity contribution < 1.29 is 15.0 Å². The van der Waals surface area contributed by atoms with Crippen LogP contribution in [-0.2, 0) is 0 Å². The van der Waals surface area contributed by atoms with E-state index >= 15 is 0 Å². The number of amides is 1. The number of phenols is 1. The second-order valence-corrected chi connectivity index (χ2v) is 8.27. The molecule has 7 nitrogen and oxygen atoms in total. The number of carbonyl (C=O) groups is 1. The second kappa shape index (κ2) is 10.9. The van der Waals surface area contributed by atoms with Crippen molar-refractivity contribution in [2.24, 2.45) is 0 Å². The Balaban J connectivity index is 1.17. The van der Waals surface area contributed by atoms with Gasteiger partial charge in [-0.05, 0) is 42.8 Å². The van der Waals surface area contributed by atoms with Crippen LogP contribution in [0.2, 0.25) is 0 Å². The van der Waals surface area contributed by atoms with Gasteiger partial charge in [0, 0.05) is 56.6 Å². The number of aliphatic hydroxyl groups is 1. The molecule has 172 valence electrons. The molecule has 1 saturated heterocycles. The van der Waals surface area contributed by atoms with E-state index < -0.39 is 6.10 Å². The third-order valence-electron chi connectivity index (χ3n) is 5.93. The number of nitrogens with one attached hydrogen (secondary N) is 1. The van der Waals surface area contributed by atoms with Crippen molar-refractivity contribution in [3.05, 3.63) is 78.5 Å². The number of anilines is 1. The summed E-state index contributed by atoms with van der Waals surface area (Å²) in [4.78, 5) is 21.1. The molecule has 0 spiro atoms. The van der Waals surface area contributed by atoms with Crippen molar-refractivity contribution >= 4 is 11.6 Å². The number of aromatic hydroxyl groups is 1. The highest BCUT2D eigenvalue weighted by Gasteiger charge is 2.21. The van der Waals surface area contributed by atoms with Gasteiger partial charge < -0.3 is 20.4 Å². The molecule has 1 fully saturated rings. The van der Waals surface area contributed by atoms with Crippen molar-refractivity contribution in [1.29, 1.82) is 0 Å². The molecule has 0 radical (unpaired) electrons. The number of piperazine rings is 1. The van der Waals surface area contributed by atoms with Crippen molar-refractivity contribution in [3.63, 3.8) is 0 Å². The van der Waals surface area contributed by atoms with Crippen molar-refractivity contribution in [3.8, 4) is 17.0 Å². The van der Waals surface area contributed by atoms with Gasteiger partial charge in [-0.25, -0.2) is 0 Å². The average Bonchev–Trinajstić information content (AvgIpc) is 2.85. The van der Waals surface area contributed by atoms with E-state index in [1.165, 1.54) is 0 Å². The molecule has 1 atom stereocenters. The fourth-order valence-electron chi connectivity index (χ4n) is 4.07. The quantitative estimate of drug-likeness (QED) is 0.493. The Morgan fingerprint density at radius 3 is 2.39 bits per heavy atom. The molecule has 1 aliphatic heterocycles. The molecule has 1 aromatic heterocycles. The number of benzene rings is 2. The molecule has 0 bridgehead atoms. The maximum absolute atomic E-state index is 12.4. The minimum Gasteiger partial charge on any atom is -0.506 e. The minimum absolute atomic E-state index is 0.147. The first kappa shape index (κ1) is 22.8. The number of para-hydroxylation sites is 2. The second-order valence-electron chi connectivity index (χ2n) is 8.27. The number of hydrogen-bond acceptors (Lipinski definition) is 6. The smallest absolute Gasteiger partial charge is 0.251 e. The number of phenolic OH excluding ortho intramolecular Hbond substituents is 1. The molecule has 7 heteroatoms. The number of nitrogens with zero attached hydrogens (tertiary/aromatic N) is 3. The molecule has 33 heavy (non-hydrogen) atoms. The highest BCUT2D eigenvalue weighted by atomic mass is 16.3. The van der Waals surface area contributed by atoms with Gasteiger partial charge in [-0.1, -0.05) is 30.3 Å². The molecule has 2 heterocycles. The maximum atomic E-state index is 12.4. The van der Waals surface area contributed by atoms with Gasteiger partial charge in [-0.15, -0.1) is 0 Å². The van der Waals surface area contributed by atoms with Crippen LogP contribution < -0.4 is 10.2 Å². The lowest BCUT2D eigenvalue weighted by atomic mass is 10.1. The number of pyridine rings is 1. The Labute approximate surface area is 194 Å². The first-order valence-corrected chi connectivity index (χ1v) is 11.3. The SMILES string of the molecule is O=C(NCCC(O)CN1CCN(c2ccccc2O)CC1)c1ccc(-c2ccccn2)cc1. The average molecular weight is 447 g/mol. The molecule has 3 N–H and O–H groups in total. The number of aromatic nitrogens is 1. The molecule has 3 aromatic rings. The number of carbonyl (C=O) groups excluding carboxylic acids is 1. The Bertz CT molecular complexity index is 1030. The van der Waals surface area contributed by atoms with Crippen LogP contribution in [0.15, 0.2) is 72.9 Å². The van der Waals surface area contributed by atoms with Gasteiger partial charge in [0.15, 0.2) is 0 Å². The monoisotopic (exact) mass is 446 g/mol. The summed E-state index contributed by atoms with van der Waals surface area (Å²) in [5.41, 5.74) is 3.28. The predicted molar refractivity (Wildman–Crippen MR) is 129 cm³/mol. The lowest BCUT2D eigenvalue weighted by molar-refractivity contribution is 0.0902. The van der Waals surface area contributed by atoms with E-state index in [1.54, 1.807) is 24.4 Å². The van der Waals surface area contributed by atoms with Gasteiger partial charge in [0.2, 0.25) is 0 Å². The van der Waals surface area contributed by atoms with E-state index in [9.17, 15) is 15.0 Å². The van der Waals surface area contributed by atoms with E-state index in [0.717, 1.165) is 43.1 Å². The maximum Gasteiger partial charge on any atom is 0.251 e. The standard InChI is InChI=1S/C26H30N4O3/c31-22(19-29-15-17-30(18-16-29)24-6-1-2-7-25(24)32)12-14-28-26(33)21-10-8-20(9-11-21)23-5-3-4-13-27-23/h1-11,13,22,31-32H,12,14-19H2,(H,28,33). The van der Waals surface area contributed by atoms with Crippen LogP contribution in [0, 0.1) is 0 Å². The molecule has 4 rings (SSSR count). The first-order valence-electron chi connectivity index (χ1n) is 11.3. The fourth-order valence-corrected chi connectivity index (χ4v) is 4.07. The van der Waals surface area contributed by atoms with Crippen LogP contribution in [0.5, 0.6) is 5.75 Å². The van der Waals surface area contributed by atoms with Crippen LogP contribution in [0.4, 0.5) is 5.69 Å². The number of aliphatic hydroxyl groups excluding tert-OH is 1. The number of β-amino-alcohol motifs (C(OH)–C–C–N with tert-alkyl or cyclic N) is 1. The molecule has 0 saturated carbocycles. The lowest BCUT2D eigenvalue weighted by Gasteiger charge is -2.37. The van der Waals surface area contributed by atoms with Gasteiger partial charge in [0.05, 0.1) is 17.5 Å². The van der Waals surface area contributed by atoms with Crippen LogP contribution in [0.25, 0.3) is 11.3 Å². The zero-order valence-corrected chi connectivity index (χ0v) is 18.6. The summed E-state index contributed by atoms with van der Waals surface area (Å²) < 4.78 is 0. The van der Waals surface area contributed by atoms with E-state index in [2.05, 4.69) is 20.1 Å². The Hall–Kier alpha value is -3.42. The normalized spacial score (nSPS) is 15.2. The van der Waals surface area contributed by atoms with E-state index in [1.807, 2.05) is 48.5 Å². The third-order valence-corrected chi connectivity index (χ3v) is 5.93. The largest absolute Gasteiger partial charge is 0.506 e. The molecule has 1 unspecified atom stereocenters. The molecular formula is C26H30N4O3. The van der Waals surface area contributed by atoms with Crippen molar-refractivity contribution in [2.45, 2.75) is 12.5 Å². The van der Waals surface area contributed by atoms with E-state index in [0.29, 0.717) is 30.8 Å². The van der Waals surface area contributed by atoms with Crippen molar-refractivity contribution in [1.82, 2.24) is 15.2 Å². The van der Waals surface area contributed by atoms with Gasteiger partial charge in [-0.3, -0.25) is 14.7 Å². The van der Waals surface area contributed by atoms with Crippen LogP contribution in [0.1, 0.15) is 16.8 Å². The molecule has 1 aliphatic rings. The Kier molecular flexibility index (Phi) is 7.55. The molecule has 0 aliphatic carbocycles. The summed E-state index contributed by atoms with van der Waals surface area (Å²) in [6, 6.07) is 20.5. The number of rotatable bonds is 8. The van der Waals surface area contributed by atoms with E-state index in [-0.39, 0.29) is 5.91 Å². The lowest BCUT2D eigenvalue weighted by Crippen LogP contribution is -2.48. The minimum atomic E-state index is -0.506. The van der Waals surface area contributed by atoms with Gasteiger partial charge >= 0.3 is 0 Å². The predicted octanol–water partition coefficient (Wildman–Crippen LogP) is 2.76. The highest BCUT2D eigenvalue weighted by molar-refractivity contribution is 5.94.